The van der Waals surface area contributed by atoms with Gasteiger partial charge in [-0.05, 0) is 48.7 Å². The standard InChI is InChI=1S/C20H27N3/c1-16-3-6-19(15-20(16)21)18-7-4-17(5-8-18)9-10-23-13-11-22(2)12-14-23/h3-8,15H,9-14,21H2,1-2H3. The quantitative estimate of drug-likeness (QED) is 0.881. The van der Waals surface area contributed by atoms with Crippen LogP contribution in [0.4, 0.5) is 5.69 Å². The molecule has 1 aliphatic heterocycles. The molecule has 0 radical (unpaired) electrons. The predicted octanol–water partition coefficient (Wildman–Crippen LogP) is 3.03. The van der Waals surface area contributed by atoms with Crippen molar-refractivity contribution in [3.8, 4) is 11.1 Å². The highest BCUT2D eigenvalue weighted by Gasteiger charge is 2.13. The number of rotatable bonds is 4. The minimum atomic E-state index is 0.863. The molecule has 0 aromatic heterocycles. The van der Waals surface area contributed by atoms with Gasteiger partial charge in [0.25, 0.3) is 0 Å². The van der Waals surface area contributed by atoms with Gasteiger partial charge in [0.05, 0.1) is 0 Å². The Hall–Kier alpha value is -1.84. The van der Waals surface area contributed by atoms with Crippen molar-refractivity contribution in [1.82, 2.24) is 9.80 Å². The molecule has 1 heterocycles. The van der Waals surface area contributed by atoms with Gasteiger partial charge in [-0.3, -0.25) is 0 Å². The number of likely N-dealkylation sites (N-methyl/N-ethyl adjacent to an activating group) is 1. The number of piperazine rings is 1. The van der Waals surface area contributed by atoms with E-state index in [1.807, 2.05) is 6.92 Å². The van der Waals surface area contributed by atoms with Crippen molar-refractivity contribution in [1.29, 1.82) is 0 Å². The number of hydrogen-bond donors (Lipinski definition) is 1. The first kappa shape index (κ1) is 16.0. The van der Waals surface area contributed by atoms with Gasteiger partial charge < -0.3 is 15.5 Å². The summed E-state index contributed by atoms with van der Waals surface area (Å²) in [6, 6.07) is 15.2. The molecule has 0 saturated carbocycles. The number of nitrogens with zero attached hydrogens (tertiary/aromatic N) is 2. The molecule has 0 aliphatic carbocycles. The van der Waals surface area contributed by atoms with Gasteiger partial charge in [-0.25, -0.2) is 0 Å². The first-order valence-electron chi connectivity index (χ1n) is 8.48. The third kappa shape index (κ3) is 4.12. The fourth-order valence-electron chi connectivity index (χ4n) is 3.04. The Labute approximate surface area is 139 Å². The highest BCUT2D eigenvalue weighted by atomic mass is 15.2. The van der Waals surface area contributed by atoms with E-state index in [0.29, 0.717) is 0 Å². The molecule has 0 bridgehead atoms. The van der Waals surface area contributed by atoms with Crippen LogP contribution in [0.25, 0.3) is 11.1 Å². The maximum Gasteiger partial charge on any atom is 0.0349 e. The highest BCUT2D eigenvalue weighted by molar-refractivity contribution is 5.69. The van der Waals surface area contributed by atoms with Crippen LogP contribution >= 0.6 is 0 Å². The Morgan fingerprint density at radius 2 is 1.57 bits per heavy atom. The van der Waals surface area contributed by atoms with Crippen LogP contribution in [0.3, 0.4) is 0 Å². The second-order valence-corrected chi connectivity index (χ2v) is 6.66. The molecular formula is C20H27N3. The van der Waals surface area contributed by atoms with Gasteiger partial charge in [0.15, 0.2) is 0 Å². The van der Waals surface area contributed by atoms with Gasteiger partial charge in [0.1, 0.15) is 0 Å². The molecule has 2 aromatic carbocycles. The maximum atomic E-state index is 6.02. The fourth-order valence-corrected chi connectivity index (χ4v) is 3.04. The van der Waals surface area contributed by atoms with Crippen molar-refractivity contribution in [2.75, 3.05) is 45.5 Å². The smallest absolute Gasteiger partial charge is 0.0349 e. The molecule has 0 amide bonds. The topological polar surface area (TPSA) is 32.5 Å². The molecule has 0 unspecified atom stereocenters. The Balaban J connectivity index is 1.59. The van der Waals surface area contributed by atoms with Crippen molar-refractivity contribution < 1.29 is 0 Å². The number of benzene rings is 2. The number of hydrogen-bond acceptors (Lipinski definition) is 3. The summed E-state index contributed by atoms with van der Waals surface area (Å²) in [7, 11) is 2.20. The molecular weight excluding hydrogens is 282 g/mol. The van der Waals surface area contributed by atoms with E-state index >= 15 is 0 Å². The van der Waals surface area contributed by atoms with Crippen LogP contribution in [0.5, 0.6) is 0 Å². The van der Waals surface area contributed by atoms with Crippen LogP contribution in [0, 0.1) is 6.92 Å². The van der Waals surface area contributed by atoms with E-state index < -0.39 is 0 Å². The highest BCUT2D eigenvalue weighted by Crippen LogP contribution is 2.24. The zero-order valence-electron chi connectivity index (χ0n) is 14.3. The van der Waals surface area contributed by atoms with Gasteiger partial charge in [0.2, 0.25) is 0 Å². The van der Waals surface area contributed by atoms with E-state index in [-0.39, 0.29) is 0 Å². The second kappa shape index (κ2) is 7.16. The number of nitrogens with two attached hydrogens (primary N) is 1. The van der Waals surface area contributed by atoms with Crippen LogP contribution < -0.4 is 5.73 Å². The molecule has 2 aromatic rings. The molecule has 3 rings (SSSR count). The lowest BCUT2D eigenvalue weighted by atomic mass is 10.0. The lowest BCUT2D eigenvalue weighted by Gasteiger charge is -2.32. The van der Waals surface area contributed by atoms with Crippen molar-refractivity contribution in [2.24, 2.45) is 0 Å². The monoisotopic (exact) mass is 309 g/mol. The zero-order valence-corrected chi connectivity index (χ0v) is 14.3. The lowest BCUT2D eigenvalue weighted by Crippen LogP contribution is -2.45. The van der Waals surface area contributed by atoms with Crippen LogP contribution in [0.15, 0.2) is 42.5 Å². The first-order chi connectivity index (χ1) is 11.1. The molecule has 1 fully saturated rings. The SMILES string of the molecule is Cc1ccc(-c2ccc(CCN3CCN(C)CC3)cc2)cc1N. The number of aryl methyl sites for hydroxylation is 1. The summed E-state index contributed by atoms with van der Waals surface area (Å²) in [6.45, 7) is 7.96. The first-order valence-corrected chi connectivity index (χ1v) is 8.48. The number of nitrogen functional groups attached to an aromatic ring is 1. The van der Waals surface area contributed by atoms with Crippen molar-refractivity contribution in [3.05, 3.63) is 53.6 Å². The van der Waals surface area contributed by atoms with Crippen molar-refractivity contribution in [3.63, 3.8) is 0 Å². The van der Waals surface area contributed by atoms with Crippen molar-refractivity contribution >= 4 is 5.69 Å². The van der Waals surface area contributed by atoms with Crippen molar-refractivity contribution in [2.45, 2.75) is 13.3 Å². The molecule has 3 heteroatoms. The van der Waals surface area contributed by atoms with Gasteiger partial charge in [-0.1, -0.05) is 36.4 Å². The molecule has 3 nitrogen and oxygen atoms in total. The molecule has 1 saturated heterocycles. The fraction of sp³-hybridized carbons (Fsp3) is 0.400. The molecule has 0 atom stereocenters. The van der Waals surface area contributed by atoms with Crippen LogP contribution in [-0.2, 0) is 6.42 Å². The number of anilines is 1. The Kier molecular flexibility index (Phi) is 4.99. The maximum absolute atomic E-state index is 6.02. The van der Waals surface area contributed by atoms with E-state index in [0.717, 1.165) is 24.2 Å². The largest absolute Gasteiger partial charge is 0.398 e. The average Bonchev–Trinajstić information content (AvgIpc) is 2.57. The third-order valence-electron chi connectivity index (χ3n) is 4.88. The van der Waals surface area contributed by atoms with Gasteiger partial charge in [0, 0.05) is 38.4 Å². The normalized spacial score (nSPS) is 16.6. The molecule has 0 spiro atoms. The summed E-state index contributed by atoms with van der Waals surface area (Å²) in [6.07, 6.45) is 1.13. The Bertz CT molecular complexity index is 640. The van der Waals surface area contributed by atoms with Crippen LogP contribution in [0.2, 0.25) is 0 Å². The van der Waals surface area contributed by atoms with Crippen LogP contribution in [-0.4, -0.2) is 49.6 Å². The van der Waals surface area contributed by atoms with Gasteiger partial charge in [-0.15, -0.1) is 0 Å². The Morgan fingerprint density at radius 1 is 0.913 bits per heavy atom. The summed E-state index contributed by atoms with van der Waals surface area (Å²) in [4.78, 5) is 4.97. The van der Waals surface area contributed by atoms with E-state index in [9.17, 15) is 0 Å². The predicted molar refractivity (Wildman–Crippen MR) is 98.7 cm³/mol. The Morgan fingerprint density at radius 3 is 2.22 bits per heavy atom. The lowest BCUT2D eigenvalue weighted by molar-refractivity contribution is 0.155. The van der Waals surface area contributed by atoms with E-state index in [1.165, 1.54) is 42.9 Å². The summed E-state index contributed by atoms with van der Waals surface area (Å²) in [5.74, 6) is 0. The molecule has 2 N–H and O–H groups in total. The summed E-state index contributed by atoms with van der Waals surface area (Å²) < 4.78 is 0. The third-order valence-corrected chi connectivity index (χ3v) is 4.88. The summed E-state index contributed by atoms with van der Waals surface area (Å²) in [5.41, 5.74) is 11.9. The van der Waals surface area contributed by atoms with Crippen LogP contribution in [0.1, 0.15) is 11.1 Å². The summed E-state index contributed by atoms with van der Waals surface area (Å²) >= 11 is 0. The van der Waals surface area contributed by atoms with E-state index in [1.54, 1.807) is 0 Å². The van der Waals surface area contributed by atoms with E-state index in [2.05, 4.69) is 59.3 Å². The molecule has 122 valence electrons. The average molecular weight is 309 g/mol. The van der Waals surface area contributed by atoms with Gasteiger partial charge in [-0.2, -0.15) is 0 Å². The molecule has 23 heavy (non-hydrogen) atoms. The summed E-state index contributed by atoms with van der Waals surface area (Å²) in [5, 5.41) is 0. The van der Waals surface area contributed by atoms with Gasteiger partial charge >= 0.3 is 0 Å². The second-order valence-electron chi connectivity index (χ2n) is 6.66. The zero-order chi connectivity index (χ0) is 16.2. The minimum absolute atomic E-state index is 0.863. The van der Waals surface area contributed by atoms with E-state index in [4.69, 9.17) is 5.73 Å². The molecule has 1 aliphatic rings. The minimum Gasteiger partial charge on any atom is -0.398 e.